The summed E-state index contributed by atoms with van der Waals surface area (Å²) in [6.45, 7) is 2.13. The van der Waals surface area contributed by atoms with Crippen LogP contribution in [0.1, 0.15) is 31.7 Å². The van der Waals surface area contributed by atoms with Crippen molar-refractivity contribution in [2.45, 2.75) is 38.6 Å². The van der Waals surface area contributed by atoms with Gasteiger partial charge in [-0.15, -0.1) is 0 Å². The fourth-order valence-electron chi connectivity index (χ4n) is 1.46. The number of benzene rings is 1. The van der Waals surface area contributed by atoms with E-state index in [-0.39, 0.29) is 0 Å². The SMILES string of the molecule is CCC(N)CCCc1ccc(N)cc1. The van der Waals surface area contributed by atoms with E-state index in [0.29, 0.717) is 6.04 Å². The molecule has 0 aliphatic rings. The lowest BCUT2D eigenvalue weighted by atomic mass is 10.0. The molecule has 0 heterocycles. The molecule has 1 aromatic carbocycles. The van der Waals surface area contributed by atoms with Gasteiger partial charge in [-0.2, -0.15) is 0 Å². The first-order valence-corrected chi connectivity index (χ1v) is 5.32. The van der Waals surface area contributed by atoms with Crippen LogP contribution in [0.15, 0.2) is 24.3 Å². The molecule has 0 aromatic heterocycles. The minimum absolute atomic E-state index is 0.365. The normalized spacial score (nSPS) is 12.7. The zero-order chi connectivity index (χ0) is 10.4. The van der Waals surface area contributed by atoms with E-state index in [0.717, 1.165) is 24.9 Å². The van der Waals surface area contributed by atoms with Crippen LogP contribution in [-0.4, -0.2) is 6.04 Å². The van der Waals surface area contributed by atoms with Crippen molar-refractivity contribution in [2.75, 3.05) is 5.73 Å². The molecule has 0 aliphatic heterocycles. The zero-order valence-corrected chi connectivity index (χ0v) is 8.87. The molecule has 0 radical (unpaired) electrons. The molecule has 4 N–H and O–H groups in total. The number of nitrogen functional groups attached to an aromatic ring is 1. The summed E-state index contributed by atoms with van der Waals surface area (Å²) in [6.07, 6.45) is 4.45. The van der Waals surface area contributed by atoms with Gasteiger partial charge in [0.1, 0.15) is 0 Å². The second kappa shape index (κ2) is 5.66. The fraction of sp³-hybridized carbons (Fsp3) is 0.500. The van der Waals surface area contributed by atoms with Crippen molar-refractivity contribution in [3.05, 3.63) is 29.8 Å². The van der Waals surface area contributed by atoms with Crippen LogP contribution in [0.4, 0.5) is 5.69 Å². The number of hydrogen-bond donors (Lipinski definition) is 2. The highest BCUT2D eigenvalue weighted by Crippen LogP contribution is 2.09. The number of aryl methyl sites for hydroxylation is 1. The van der Waals surface area contributed by atoms with Crippen LogP contribution in [0.3, 0.4) is 0 Å². The van der Waals surface area contributed by atoms with Crippen molar-refractivity contribution < 1.29 is 0 Å². The summed E-state index contributed by atoms with van der Waals surface area (Å²) in [5, 5.41) is 0. The van der Waals surface area contributed by atoms with Crippen LogP contribution in [0.25, 0.3) is 0 Å². The number of hydrogen-bond acceptors (Lipinski definition) is 2. The molecule has 0 amide bonds. The Morgan fingerprint density at radius 1 is 1.21 bits per heavy atom. The Morgan fingerprint density at radius 3 is 2.43 bits per heavy atom. The number of anilines is 1. The topological polar surface area (TPSA) is 52.0 Å². The third-order valence-corrected chi connectivity index (χ3v) is 2.54. The first-order valence-electron chi connectivity index (χ1n) is 5.32. The average molecular weight is 192 g/mol. The molecule has 0 bridgehead atoms. The van der Waals surface area contributed by atoms with Crippen molar-refractivity contribution in [1.82, 2.24) is 0 Å². The van der Waals surface area contributed by atoms with E-state index in [1.807, 2.05) is 12.1 Å². The third kappa shape index (κ3) is 3.79. The highest BCUT2D eigenvalue weighted by Gasteiger charge is 1.99. The fourth-order valence-corrected chi connectivity index (χ4v) is 1.46. The van der Waals surface area contributed by atoms with Crippen molar-refractivity contribution >= 4 is 5.69 Å². The summed E-state index contributed by atoms with van der Waals surface area (Å²) in [5.41, 5.74) is 13.6. The van der Waals surface area contributed by atoms with Crippen LogP contribution in [0.5, 0.6) is 0 Å². The Hall–Kier alpha value is -1.02. The van der Waals surface area contributed by atoms with Gasteiger partial charge in [0, 0.05) is 11.7 Å². The van der Waals surface area contributed by atoms with E-state index in [1.165, 1.54) is 12.0 Å². The molecule has 78 valence electrons. The molecular formula is C12H20N2. The Morgan fingerprint density at radius 2 is 1.86 bits per heavy atom. The van der Waals surface area contributed by atoms with E-state index in [1.54, 1.807) is 0 Å². The maximum absolute atomic E-state index is 5.84. The van der Waals surface area contributed by atoms with Crippen LogP contribution in [0.2, 0.25) is 0 Å². The van der Waals surface area contributed by atoms with Gasteiger partial charge >= 0.3 is 0 Å². The van der Waals surface area contributed by atoms with E-state index < -0.39 is 0 Å². The highest BCUT2D eigenvalue weighted by atomic mass is 14.6. The third-order valence-electron chi connectivity index (χ3n) is 2.54. The number of nitrogens with two attached hydrogens (primary N) is 2. The van der Waals surface area contributed by atoms with Gasteiger partial charge in [0.25, 0.3) is 0 Å². The molecular weight excluding hydrogens is 172 g/mol. The predicted octanol–water partition coefficient (Wildman–Crippen LogP) is 2.33. The minimum Gasteiger partial charge on any atom is -0.399 e. The summed E-state index contributed by atoms with van der Waals surface area (Å²) in [7, 11) is 0. The summed E-state index contributed by atoms with van der Waals surface area (Å²) in [5.74, 6) is 0. The molecule has 14 heavy (non-hydrogen) atoms. The van der Waals surface area contributed by atoms with Crippen molar-refractivity contribution in [2.24, 2.45) is 5.73 Å². The number of rotatable bonds is 5. The van der Waals surface area contributed by atoms with Gasteiger partial charge in [0.05, 0.1) is 0 Å². The van der Waals surface area contributed by atoms with E-state index in [4.69, 9.17) is 11.5 Å². The molecule has 0 aliphatic carbocycles. The Labute approximate surface area is 86.3 Å². The zero-order valence-electron chi connectivity index (χ0n) is 8.87. The van der Waals surface area contributed by atoms with Crippen LogP contribution >= 0.6 is 0 Å². The second-order valence-electron chi connectivity index (χ2n) is 3.80. The van der Waals surface area contributed by atoms with Gasteiger partial charge in [-0.25, -0.2) is 0 Å². The monoisotopic (exact) mass is 192 g/mol. The molecule has 0 saturated heterocycles. The molecule has 0 spiro atoms. The molecule has 0 fully saturated rings. The first-order chi connectivity index (χ1) is 6.72. The lowest BCUT2D eigenvalue weighted by Gasteiger charge is -2.07. The van der Waals surface area contributed by atoms with E-state index >= 15 is 0 Å². The molecule has 2 heteroatoms. The maximum atomic E-state index is 5.84. The summed E-state index contributed by atoms with van der Waals surface area (Å²) >= 11 is 0. The second-order valence-corrected chi connectivity index (χ2v) is 3.80. The Kier molecular flexibility index (Phi) is 4.47. The van der Waals surface area contributed by atoms with Gasteiger partial charge in [-0.3, -0.25) is 0 Å². The largest absolute Gasteiger partial charge is 0.399 e. The standard InChI is InChI=1S/C12H20N2/c1-2-11(13)5-3-4-10-6-8-12(14)9-7-10/h6-9,11H,2-5,13-14H2,1H3. The Bertz CT molecular complexity index is 254. The van der Waals surface area contributed by atoms with Gasteiger partial charge in [-0.1, -0.05) is 19.1 Å². The van der Waals surface area contributed by atoms with E-state index in [2.05, 4.69) is 19.1 Å². The van der Waals surface area contributed by atoms with Crippen LogP contribution < -0.4 is 11.5 Å². The predicted molar refractivity (Wildman–Crippen MR) is 62.1 cm³/mol. The molecule has 1 unspecified atom stereocenters. The summed E-state index contributed by atoms with van der Waals surface area (Å²) in [6, 6.07) is 8.45. The lowest BCUT2D eigenvalue weighted by molar-refractivity contribution is 0.568. The first kappa shape index (κ1) is 11.1. The average Bonchev–Trinajstić information content (AvgIpc) is 2.21. The van der Waals surface area contributed by atoms with Crippen molar-refractivity contribution in [3.8, 4) is 0 Å². The lowest BCUT2D eigenvalue weighted by Crippen LogP contribution is -2.18. The molecule has 1 aromatic rings. The Balaban J connectivity index is 2.28. The summed E-state index contributed by atoms with van der Waals surface area (Å²) < 4.78 is 0. The van der Waals surface area contributed by atoms with Crippen molar-refractivity contribution in [3.63, 3.8) is 0 Å². The van der Waals surface area contributed by atoms with Gasteiger partial charge in [0.2, 0.25) is 0 Å². The van der Waals surface area contributed by atoms with Crippen LogP contribution in [-0.2, 0) is 6.42 Å². The molecule has 1 atom stereocenters. The molecule has 0 saturated carbocycles. The quantitative estimate of drug-likeness (QED) is 0.703. The maximum Gasteiger partial charge on any atom is 0.0314 e. The van der Waals surface area contributed by atoms with Crippen molar-refractivity contribution in [1.29, 1.82) is 0 Å². The van der Waals surface area contributed by atoms with Gasteiger partial charge < -0.3 is 11.5 Å². The summed E-state index contributed by atoms with van der Waals surface area (Å²) in [4.78, 5) is 0. The molecule has 2 nitrogen and oxygen atoms in total. The smallest absolute Gasteiger partial charge is 0.0314 e. The van der Waals surface area contributed by atoms with E-state index in [9.17, 15) is 0 Å². The minimum atomic E-state index is 0.365. The highest BCUT2D eigenvalue weighted by molar-refractivity contribution is 5.39. The van der Waals surface area contributed by atoms with Gasteiger partial charge in [-0.05, 0) is 43.4 Å². The van der Waals surface area contributed by atoms with Gasteiger partial charge in [0.15, 0.2) is 0 Å². The molecule has 1 rings (SSSR count). The van der Waals surface area contributed by atoms with Crippen LogP contribution in [0, 0.1) is 0 Å².